The molecule has 0 radical (unpaired) electrons. The first-order valence-corrected chi connectivity index (χ1v) is 5.99. The number of hydrogen-bond donors (Lipinski definition) is 0. The average Bonchev–Trinajstić information content (AvgIpc) is 2.96. The van der Waals surface area contributed by atoms with Gasteiger partial charge in [0.15, 0.2) is 11.6 Å². The van der Waals surface area contributed by atoms with E-state index in [9.17, 15) is 9.59 Å². The first kappa shape index (κ1) is 9.28. The summed E-state index contributed by atoms with van der Waals surface area (Å²) in [4.78, 5) is 28.9. The summed E-state index contributed by atoms with van der Waals surface area (Å²) in [5, 5.41) is 0. The molecule has 1 fully saturated rings. The van der Waals surface area contributed by atoms with Crippen molar-refractivity contribution < 1.29 is 9.59 Å². The minimum Gasteiger partial charge on any atom is -0.294 e. The predicted molar refractivity (Wildman–Crippen MR) is 60.6 cm³/mol. The van der Waals surface area contributed by atoms with Gasteiger partial charge in [0.2, 0.25) is 0 Å². The number of nitrogens with zero attached hydrogens (tertiary/aromatic N) is 1. The maximum atomic E-state index is 12.4. The number of carbonyl (C=O) groups excluding carboxylic acids is 2. The van der Waals surface area contributed by atoms with Gasteiger partial charge in [-0.1, -0.05) is 12.2 Å². The molecule has 4 atom stereocenters. The fourth-order valence-electron chi connectivity index (χ4n) is 3.68. The van der Waals surface area contributed by atoms with Crippen LogP contribution < -0.4 is 0 Å². The molecule has 2 bridgehead atoms. The lowest BCUT2D eigenvalue weighted by molar-refractivity contribution is 0.0716. The quantitative estimate of drug-likeness (QED) is 0.633. The molecule has 1 heterocycles. The molecular formula is C14H11NO2. The number of carbonyl (C=O) groups is 2. The van der Waals surface area contributed by atoms with Gasteiger partial charge in [-0.15, -0.1) is 0 Å². The third-order valence-corrected chi connectivity index (χ3v) is 4.37. The van der Waals surface area contributed by atoms with Crippen LogP contribution in [-0.2, 0) is 0 Å². The number of rotatable bonds is 0. The Morgan fingerprint density at radius 3 is 2.53 bits per heavy atom. The maximum absolute atomic E-state index is 12.4. The van der Waals surface area contributed by atoms with Crippen LogP contribution in [0.15, 0.2) is 30.5 Å². The van der Waals surface area contributed by atoms with E-state index in [1.165, 1.54) is 0 Å². The van der Waals surface area contributed by atoms with E-state index in [0.29, 0.717) is 11.3 Å². The summed E-state index contributed by atoms with van der Waals surface area (Å²) in [5.74, 6) is 0.470. The Morgan fingerprint density at radius 2 is 1.76 bits per heavy atom. The average molecular weight is 225 g/mol. The van der Waals surface area contributed by atoms with Crippen LogP contribution in [0.4, 0.5) is 0 Å². The third kappa shape index (κ3) is 0.996. The fourth-order valence-corrected chi connectivity index (χ4v) is 3.68. The lowest BCUT2D eigenvalue weighted by Gasteiger charge is -2.30. The van der Waals surface area contributed by atoms with Crippen LogP contribution in [0, 0.1) is 23.7 Å². The molecule has 3 heteroatoms. The summed E-state index contributed by atoms with van der Waals surface area (Å²) in [6, 6.07) is 3.46. The fraction of sp³-hybridized carbons (Fsp3) is 0.357. The second-order valence-corrected chi connectivity index (χ2v) is 5.13. The number of Topliss-reactive ketones (excluding diaryl/α,β-unsaturated/α-hetero) is 2. The third-order valence-electron chi connectivity index (χ3n) is 4.37. The minimum atomic E-state index is -0.139. The van der Waals surface area contributed by atoms with Gasteiger partial charge in [0.25, 0.3) is 0 Å². The summed E-state index contributed by atoms with van der Waals surface area (Å²) in [5.41, 5.74) is 0.916. The molecule has 1 aromatic rings. The molecule has 0 aliphatic heterocycles. The maximum Gasteiger partial charge on any atom is 0.186 e. The first-order valence-electron chi connectivity index (χ1n) is 5.99. The predicted octanol–water partition coefficient (Wildman–Crippen LogP) is 1.90. The lowest BCUT2D eigenvalue weighted by Crippen LogP contribution is -2.39. The van der Waals surface area contributed by atoms with Crippen LogP contribution >= 0.6 is 0 Å². The Labute approximate surface area is 98.6 Å². The van der Waals surface area contributed by atoms with Gasteiger partial charge in [-0.2, -0.15) is 0 Å². The van der Waals surface area contributed by atoms with E-state index >= 15 is 0 Å². The highest BCUT2D eigenvalue weighted by Gasteiger charge is 2.54. The van der Waals surface area contributed by atoms with E-state index in [4.69, 9.17) is 0 Å². The highest BCUT2D eigenvalue weighted by molar-refractivity contribution is 6.15. The molecule has 3 aliphatic rings. The van der Waals surface area contributed by atoms with Crippen molar-refractivity contribution in [3.8, 4) is 0 Å². The van der Waals surface area contributed by atoms with Crippen LogP contribution in [0.2, 0.25) is 0 Å². The Hall–Kier alpha value is -1.77. The van der Waals surface area contributed by atoms with Crippen molar-refractivity contribution in [2.24, 2.45) is 23.7 Å². The highest BCUT2D eigenvalue weighted by Crippen LogP contribution is 2.52. The summed E-state index contributed by atoms with van der Waals surface area (Å²) < 4.78 is 0. The number of ketones is 2. The van der Waals surface area contributed by atoms with Crippen LogP contribution in [0.3, 0.4) is 0 Å². The van der Waals surface area contributed by atoms with Crippen molar-refractivity contribution in [3.63, 3.8) is 0 Å². The molecule has 0 aromatic carbocycles. The molecule has 1 aromatic heterocycles. The summed E-state index contributed by atoms with van der Waals surface area (Å²) in [6.45, 7) is 0. The number of fused-ring (bicyclic) bond motifs is 6. The first-order chi connectivity index (χ1) is 8.27. The number of hydrogen-bond acceptors (Lipinski definition) is 3. The molecule has 0 N–H and O–H groups in total. The molecule has 84 valence electrons. The summed E-state index contributed by atoms with van der Waals surface area (Å²) in [7, 11) is 0. The van der Waals surface area contributed by atoms with E-state index in [-0.39, 0.29) is 35.2 Å². The smallest absolute Gasteiger partial charge is 0.186 e. The number of pyridine rings is 1. The summed E-state index contributed by atoms with van der Waals surface area (Å²) in [6.07, 6.45) is 6.76. The van der Waals surface area contributed by atoms with Crippen LogP contribution in [-0.4, -0.2) is 16.6 Å². The molecular weight excluding hydrogens is 214 g/mol. The second-order valence-electron chi connectivity index (χ2n) is 5.13. The van der Waals surface area contributed by atoms with Gasteiger partial charge in [0.1, 0.15) is 5.69 Å². The minimum absolute atomic E-state index is 0.0713. The largest absolute Gasteiger partial charge is 0.294 e. The lowest BCUT2D eigenvalue weighted by atomic mass is 9.71. The van der Waals surface area contributed by atoms with Crippen LogP contribution in [0.5, 0.6) is 0 Å². The highest BCUT2D eigenvalue weighted by atomic mass is 16.1. The van der Waals surface area contributed by atoms with Gasteiger partial charge in [-0.25, -0.2) is 0 Å². The molecule has 3 aliphatic carbocycles. The van der Waals surface area contributed by atoms with Crippen molar-refractivity contribution in [3.05, 3.63) is 41.7 Å². The molecule has 0 spiro atoms. The SMILES string of the molecule is O=C1c2cccnc2C(=O)C2C3C=CC(C3)C12. The van der Waals surface area contributed by atoms with Gasteiger partial charge < -0.3 is 0 Å². The normalized spacial score (nSPS) is 37.2. The van der Waals surface area contributed by atoms with Gasteiger partial charge in [-0.05, 0) is 30.4 Å². The number of allylic oxidation sites excluding steroid dienone is 2. The van der Waals surface area contributed by atoms with Crippen molar-refractivity contribution >= 4 is 11.6 Å². The van der Waals surface area contributed by atoms with Gasteiger partial charge in [0.05, 0.1) is 0 Å². The van der Waals surface area contributed by atoms with Crippen molar-refractivity contribution in [2.45, 2.75) is 6.42 Å². The molecule has 17 heavy (non-hydrogen) atoms. The Morgan fingerprint density at radius 1 is 1.06 bits per heavy atom. The topological polar surface area (TPSA) is 47.0 Å². The van der Waals surface area contributed by atoms with Crippen molar-refractivity contribution in [1.82, 2.24) is 4.98 Å². The van der Waals surface area contributed by atoms with E-state index in [2.05, 4.69) is 17.1 Å². The van der Waals surface area contributed by atoms with Crippen LogP contribution in [0.25, 0.3) is 0 Å². The standard InChI is InChI=1S/C14H11NO2/c16-13-9-2-1-5-15-12(9)14(17)11-8-4-3-7(6-8)10(11)13/h1-5,7-8,10-11H,6H2. The van der Waals surface area contributed by atoms with E-state index in [1.54, 1.807) is 18.3 Å². The zero-order chi connectivity index (χ0) is 11.6. The molecule has 3 nitrogen and oxygen atoms in total. The molecule has 4 rings (SSSR count). The second kappa shape index (κ2) is 2.92. The van der Waals surface area contributed by atoms with E-state index < -0.39 is 0 Å². The van der Waals surface area contributed by atoms with Gasteiger partial charge in [-0.3, -0.25) is 14.6 Å². The van der Waals surface area contributed by atoms with Gasteiger partial charge in [0, 0.05) is 23.6 Å². The Balaban J connectivity index is 1.94. The van der Waals surface area contributed by atoms with Crippen molar-refractivity contribution in [2.75, 3.05) is 0 Å². The van der Waals surface area contributed by atoms with Gasteiger partial charge >= 0.3 is 0 Å². The molecule has 1 saturated carbocycles. The van der Waals surface area contributed by atoms with Crippen molar-refractivity contribution in [1.29, 1.82) is 0 Å². The molecule has 4 unspecified atom stereocenters. The zero-order valence-electron chi connectivity index (χ0n) is 9.17. The van der Waals surface area contributed by atoms with Crippen LogP contribution in [0.1, 0.15) is 27.3 Å². The molecule has 0 amide bonds. The Bertz CT molecular complexity index is 526. The van der Waals surface area contributed by atoms with E-state index in [0.717, 1.165) is 6.42 Å². The van der Waals surface area contributed by atoms with E-state index in [1.807, 2.05) is 0 Å². The zero-order valence-corrected chi connectivity index (χ0v) is 9.17. The summed E-state index contributed by atoms with van der Waals surface area (Å²) >= 11 is 0. The monoisotopic (exact) mass is 225 g/mol. The Kier molecular flexibility index (Phi) is 1.59. The molecule has 0 saturated heterocycles. The number of aromatic nitrogens is 1.